The number of ether oxygens (including phenoxy) is 2. The summed E-state index contributed by atoms with van der Waals surface area (Å²) < 4.78 is 10.8. The molecule has 2 aromatic rings. The number of hydrogen-bond donors (Lipinski definition) is 2. The normalized spacial score (nSPS) is 16.5. The van der Waals surface area contributed by atoms with Gasteiger partial charge in [0.05, 0.1) is 14.2 Å². The summed E-state index contributed by atoms with van der Waals surface area (Å²) in [7, 11) is 3.06. The molecule has 0 bridgehead atoms. The van der Waals surface area contributed by atoms with E-state index in [4.69, 9.17) is 9.47 Å². The number of piperidine rings is 1. The van der Waals surface area contributed by atoms with Crippen LogP contribution in [0, 0.1) is 0 Å². The smallest absolute Gasteiger partial charge is 0.251 e. The van der Waals surface area contributed by atoms with Crippen molar-refractivity contribution in [1.82, 2.24) is 10.2 Å². The molecule has 31 heavy (non-hydrogen) atoms. The van der Waals surface area contributed by atoms with E-state index in [0.29, 0.717) is 29.2 Å². The molecule has 2 heterocycles. The standard InChI is InChI=1S/C24H28N2O5/c1-30-17-11-20(27)23(21(12-17)31-2)19(13-22(28)26-8-4-3-5-9-26)15-6-7-18-16(10-15)14-25-24(18)29/h6-7,10-12,19,27H,3-5,8-9,13-14H2,1-2H3,(H,25,29). The fourth-order valence-electron chi connectivity index (χ4n) is 4.53. The Hall–Kier alpha value is -3.22. The lowest BCUT2D eigenvalue weighted by Crippen LogP contribution is -2.36. The van der Waals surface area contributed by atoms with Crippen LogP contribution in [0.5, 0.6) is 17.2 Å². The van der Waals surface area contributed by atoms with E-state index in [0.717, 1.165) is 43.5 Å². The van der Waals surface area contributed by atoms with Crippen molar-refractivity contribution < 1.29 is 24.2 Å². The number of methoxy groups -OCH3 is 2. The van der Waals surface area contributed by atoms with Gasteiger partial charge in [0.2, 0.25) is 5.91 Å². The SMILES string of the molecule is COc1cc(O)c(C(CC(=O)N2CCCCC2)c2ccc3c(c2)CNC3=O)c(OC)c1. The molecule has 164 valence electrons. The lowest BCUT2D eigenvalue weighted by molar-refractivity contribution is -0.132. The summed E-state index contributed by atoms with van der Waals surface area (Å²) in [5.41, 5.74) is 2.95. The maximum Gasteiger partial charge on any atom is 0.251 e. The molecule has 1 unspecified atom stereocenters. The molecule has 1 atom stereocenters. The summed E-state index contributed by atoms with van der Waals surface area (Å²) in [5.74, 6) is 0.494. The Morgan fingerprint density at radius 3 is 2.61 bits per heavy atom. The Morgan fingerprint density at radius 1 is 1.13 bits per heavy atom. The molecule has 2 N–H and O–H groups in total. The Morgan fingerprint density at radius 2 is 1.90 bits per heavy atom. The van der Waals surface area contributed by atoms with E-state index < -0.39 is 5.92 Å². The number of amides is 2. The number of carbonyl (C=O) groups is 2. The first kappa shape index (κ1) is 21.0. The number of nitrogens with zero attached hydrogens (tertiary/aromatic N) is 1. The van der Waals surface area contributed by atoms with Crippen molar-refractivity contribution in [2.75, 3.05) is 27.3 Å². The van der Waals surface area contributed by atoms with Crippen LogP contribution in [0.15, 0.2) is 30.3 Å². The van der Waals surface area contributed by atoms with Crippen molar-refractivity contribution in [3.8, 4) is 17.2 Å². The van der Waals surface area contributed by atoms with Gasteiger partial charge in [0.25, 0.3) is 5.91 Å². The first-order valence-corrected chi connectivity index (χ1v) is 10.7. The fraction of sp³-hybridized carbons (Fsp3) is 0.417. The third-order valence-electron chi connectivity index (χ3n) is 6.20. The highest BCUT2D eigenvalue weighted by molar-refractivity contribution is 5.98. The minimum Gasteiger partial charge on any atom is -0.507 e. The molecule has 0 aromatic heterocycles. The van der Waals surface area contributed by atoms with Crippen LogP contribution >= 0.6 is 0 Å². The first-order valence-electron chi connectivity index (χ1n) is 10.7. The molecule has 0 radical (unpaired) electrons. The number of phenolic OH excluding ortho intramolecular Hbond substituents is 1. The molecule has 2 aromatic carbocycles. The van der Waals surface area contributed by atoms with E-state index in [-0.39, 0.29) is 24.0 Å². The van der Waals surface area contributed by atoms with Gasteiger partial charge in [-0.05, 0) is 36.5 Å². The van der Waals surface area contributed by atoms with Gasteiger partial charge in [-0.1, -0.05) is 12.1 Å². The highest BCUT2D eigenvalue weighted by Gasteiger charge is 2.30. The second kappa shape index (κ2) is 8.88. The predicted molar refractivity (Wildman–Crippen MR) is 116 cm³/mol. The van der Waals surface area contributed by atoms with Crippen LogP contribution in [0.25, 0.3) is 0 Å². The molecule has 1 saturated heterocycles. The molecule has 1 fully saturated rings. The van der Waals surface area contributed by atoms with Crippen molar-refractivity contribution in [3.63, 3.8) is 0 Å². The quantitative estimate of drug-likeness (QED) is 0.744. The number of likely N-dealkylation sites (tertiary alicyclic amines) is 1. The van der Waals surface area contributed by atoms with E-state index >= 15 is 0 Å². The largest absolute Gasteiger partial charge is 0.507 e. The van der Waals surface area contributed by atoms with Gasteiger partial charge in [-0.25, -0.2) is 0 Å². The van der Waals surface area contributed by atoms with Crippen molar-refractivity contribution in [2.45, 2.75) is 38.1 Å². The van der Waals surface area contributed by atoms with E-state index in [2.05, 4.69) is 5.32 Å². The van der Waals surface area contributed by atoms with Gasteiger partial charge < -0.3 is 24.8 Å². The van der Waals surface area contributed by atoms with Gasteiger partial charge in [-0.15, -0.1) is 0 Å². The zero-order chi connectivity index (χ0) is 22.0. The molecule has 7 heteroatoms. The zero-order valence-electron chi connectivity index (χ0n) is 17.9. The van der Waals surface area contributed by atoms with Crippen LogP contribution in [-0.4, -0.2) is 49.1 Å². The Labute approximate surface area is 182 Å². The van der Waals surface area contributed by atoms with Gasteiger partial charge >= 0.3 is 0 Å². The second-order valence-electron chi connectivity index (χ2n) is 8.06. The van der Waals surface area contributed by atoms with Gasteiger partial charge in [0.1, 0.15) is 17.2 Å². The molecule has 2 amide bonds. The summed E-state index contributed by atoms with van der Waals surface area (Å²) >= 11 is 0. The minimum atomic E-state index is -0.420. The van der Waals surface area contributed by atoms with E-state index in [9.17, 15) is 14.7 Å². The molecule has 4 rings (SSSR count). The maximum absolute atomic E-state index is 13.2. The third kappa shape index (κ3) is 4.17. The monoisotopic (exact) mass is 424 g/mol. The van der Waals surface area contributed by atoms with Crippen LogP contribution < -0.4 is 14.8 Å². The molecule has 7 nitrogen and oxygen atoms in total. The average Bonchev–Trinajstić information content (AvgIpc) is 3.17. The van der Waals surface area contributed by atoms with Crippen LogP contribution in [0.4, 0.5) is 0 Å². The summed E-state index contributed by atoms with van der Waals surface area (Å²) in [6.07, 6.45) is 3.38. The highest BCUT2D eigenvalue weighted by Crippen LogP contribution is 2.43. The molecular formula is C24H28N2O5. The van der Waals surface area contributed by atoms with E-state index in [1.165, 1.54) is 20.3 Å². The van der Waals surface area contributed by atoms with Crippen molar-refractivity contribution in [2.24, 2.45) is 0 Å². The van der Waals surface area contributed by atoms with Crippen molar-refractivity contribution in [1.29, 1.82) is 0 Å². The maximum atomic E-state index is 13.2. The first-order chi connectivity index (χ1) is 15.0. The molecule has 0 saturated carbocycles. The van der Waals surface area contributed by atoms with Crippen LogP contribution in [0.2, 0.25) is 0 Å². The highest BCUT2D eigenvalue weighted by atomic mass is 16.5. The fourth-order valence-corrected chi connectivity index (χ4v) is 4.53. The number of benzene rings is 2. The predicted octanol–water partition coefficient (Wildman–Crippen LogP) is 3.19. The summed E-state index contributed by atoms with van der Waals surface area (Å²) in [5, 5.41) is 13.7. The second-order valence-corrected chi connectivity index (χ2v) is 8.06. The topological polar surface area (TPSA) is 88.1 Å². The Kier molecular flexibility index (Phi) is 6.02. The van der Waals surface area contributed by atoms with Gasteiger partial charge in [-0.3, -0.25) is 9.59 Å². The summed E-state index contributed by atoms with van der Waals surface area (Å²) in [6.45, 7) is 1.99. The molecule has 2 aliphatic rings. The average molecular weight is 424 g/mol. The van der Waals surface area contributed by atoms with Gasteiger partial charge in [0.15, 0.2) is 0 Å². The third-order valence-corrected chi connectivity index (χ3v) is 6.20. The zero-order valence-corrected chi connectivity index (χ0v) is 17.9. The van der Waals surface area contributed by atoms with E-state index in [1.54, 1.807) is 12.1 Å². The minimum absolute atomic E-state index is 0.0161. The van der Waals surface area contributed by atoms with Crippen molar-refractivity contribution in [3.05, 3.63) is 52.6 Å². The number of phenols is 1. The Bertz CT molecular complexity index is 998. The summed E-state index contributed by atoms with van der Waals surface area (Å²) in [6, 6.07) is 8.85. The summed E-state index contributed by atoms with van der Waals surface area (Å²) in [4.78, 5) is 27.1. The van der Waals surface area contributed by atoms with Crippen molar-refractivity contribution >= 4 is 11.8 Å². The number of nitrogens with one attached hydrogen (secondary N) is 1. The number of fused-ring (bicyclic) bond motifs is 1. The van der Waals surface area contributed by atoms with Gasteiger partial charge in [-0.2, -0.15) is 0 Å². The van der Waals surface area contributed by atoms with Crippen LogP contribution in [-0.2, 0) is 11.3 Å². The molecular weight excluding hydrogens is 396 g/mol. The number of carbonyl (C=O) groups excluding carboxylic acids is 2. The lowest BCUT2D eigenvalue weighted by atomic mass is 9.85. The Balaban J connectivity index is 1.76. The number of hydrogen-bond acceptors (Lipinski definition) is 5. The van der Waals surface area contributed by atoms with Gasteiger partial charge in [0, 0.05) is 55.2 Å². The molecule has 2 aliphatic heterocycles. The number of rotatable bonds is 6. The van der Waals surface area contributed by atoms with Crippen LogP contribution in [0.3, 0.4) is 0 Å². The van der Waals surface area contributed by atoms with E-state index in [1.807, 2.05) is 17.0 Å². The number of aromatic hydroxyl groups is 1. The lowest BCUT2D eigenvalue weighted by Gasteiger charge is -2.29. The molecule has 0 aliphatic carbocycles. The molecule has 0 spiro atoms. The van der Waals surface area contributed by atoms with Crippen LogP contribution in [0.1, 0.15) is 58.6 Å².